The normalized spacial score (nSPS) is 16.2. The highest BCUT2D eigenvalue weighted by molar-refractivity contribution is 5.92. The molecule has 1 atom stereocenters. The summed E-state index contributed by atoms with van der Waals surface area (Å²) in [6.45, 7) is 4.32. The van der Waals surface area contributed by atoms with Crippen molar-refractivity contribution in [3.05, 3.63) is 59.2 Å². The molecule has 1 aromatic carbocycles. The van der Waals surface area contributed by atoms with Gasteiger partial charge in [0, 0.05) is 17.8 Å². The predicted octanol–water partition coefficient (Wildman–Crippen LogP) is 3.28. The summed E-state index contributed by atoms with van der Waals surface area (Å²) in [5, 5.41) is 2.96. The smallest absolute Gasteiger partial charge is 0.267 e. The van der Waals surface area contributed by atoms with Crippen molar-refractivity contribution in [2.24, 2.45) is 0 Å². The van der Waals surface area contributed by atoms with Crippen LogP contribution >= 0.6 is 0 Å². The van der Waals surface area contributed by atoms with Crippen LogP contribution in [-0.4, -0.2) is 35.4 Å². The van der Waals surface area contributed by atoms with Crippen molar-refractivity contribution < 1.29 is 9.18 Å². The number of H-pyrrole nitrogens is 1. The van der Waals surface area contributed by atoms with Gasteiger partial charge in [-0.2, -0.15) is 0 Å². The Balaban J connectivity index is 1.72. The van der Waals surface area contributed by atoms with Gasteiger partial charge >= 0.3 is 0 Å². The predicted molar refractivity (Wildman–Crippen MR) is 92.5 cm³/mol. The van der Waals surface area contributed by atoms with E-state index < -0.39 is 0 Å². The number of amides is 1. The molecule has 0 radical (unpaired) electrons. The summed E-state index contributed by atoms with van der Waals surface area (Å²) in [6, 6.07) is 10.4. The number of hydrogen-bond acceptors (Lipinski definition) is 2. The van der Waals surface area contributed by atoms with Crippen molar-refractivity contribution in [1.82, 2.24) is 15.2 Å². The van der Waals surface area contributed by atoms with Gasteiger partial charge in [0.15, 0.2) is 0 Å². The molecule has 2 heterocycles. The van der Waals surface area contributed by atoms with Crippen LogP contribution in [0.15, 0.2) is 36.4 Å². The summed E-state index contributed by atoms with van der Waals surface area (Å²) < 4.78 is 14.2. The number of benzene rings is 1. The first-order chi connectivity index (χ1) is 11.7. The maximum Gasteiger partial charge on any atom is 0.267 e. The molecule has 0 unspecified atom stereocenters. The zero-order valence-electron chi connectivity index (χ0n) is 14.0. The van der Waals surface area contributed by atoms with Crippen LogP contribution in [0.25, 0.3) is 0 Å². The van der Waals surface area contributed by atoms with Gasteiger partial charge in [-0.1, -0.05) is 25.1 Å². The fourth-order valence-corrected chi connectivity index (χ4v) is 3.30. The lowest BCUT2D eigenvalue weighted by atomic mass is 10.0. The molecule has 1 fully saturated rings. The molecule has 1 saturated heterocycles. The number of nitrogens with one attached hydrogen (secondary N) is 2. The van der Waals surface area contributed by atoms with Crippen molar-refractivity contribution in [3.63, 3.8) is 0 Å². The topological polar surface area (TPSA) is 48.1 Å². The quantitative estimate of drug-likeness (QED) is 0.854. The van der Waals surface area contributed by atoms with Gasteiger partial charge in [-0.05, 0) is 50.6 Å². The molecule has 2 aromatic rings. The standard InChI is InChI=1S/C19H24FN3O/c1-2-14-9-10-17(22-14)19(24)21-13-18(23-11-5-6-12-23)15-7-3-4-8-16(15)20/h3-4,7-10,18,22H,2,5-6,11-13H2,1H3,(H,21,24)/t18-/m1/s1. The maximum atomic E-state index is 14.2. The van der Waals surface area contributed by atoms with Gasteiger partial charge in [0.25, 0.3) is 5.91 Å². The highest BCUT2D eigenvalue weighted by Gasteiger charge is 2.26. The molecular formula is C19H24FN3O. The van der Waals surface area contributed by atoms with E-state index in [9.17, 15) is 9.18 Å². The minimum Gasteiger partial charge on any atom is -0.354 e. The van der Waals surface area contributed by atoms with Crippen molar-refractivity contribution in [2.45, 2.75) is 32.2 Å². The van der Waals surface area contributed by atoms with Crippen LogP contribution in [0.1, 0.15) is 47.6 Å². The van der Waals surface area contributed by atoms with Crippen molar-refractivity contribution in [3.8, 4) is 0 Å². The third kappa shape index (κ3) is 3.67. The zero-order chi connectivity index (χ0) is 16.9. The minimum absolute atomic E-state index is 0.127. The zero-order valence-corrected chi connectivity index (χ0v) is 14.0. The number of aryl methyl sites for hydroxylation is 1. The number of carbonyl (C=O) groups excluding carboxylic acids is 1. The summed E-state index contributed by atoms with van der Waals surface area (Å²) in [4.78, 5) is 17.7. The van der Waals surface area contributed by atoms with Crippen LogP contribution in [0, 0.1) is 5.82 Å². The summed E-state index contributed by atoms with van der Waals surface area (Å²) in [6.07, 6.45) is 3.10. The molecule has 2 N–H and O–H groups in total. The Labute approximate surface area is 142 Å². The highest BCUT2D eigenvalue weighted by Crippen LogP contribution is 2.26. The number of rotatable bonds is 6. The Bertz CT molecular complexity index is 691. The molecule has 0 saturated carbocycles. The molecule has 0 aliphatic carbocycles. The molecule has 1 amide bonds. The number of carbonyl (C=O) groups is 1. The van der Waals surface area contributed by atoms with E-state index in [1.807, 2.05) is 25.1 Å². The molecule has 0 bridgehead atoms. The summed E-state index contributed by atoms with van der Waals surface area (Å²) >= 11 is 0. The first-order valence-electron chi connectivity index (χ1n) is 8.63. The van der Waals surface area contributed by atoms with Crippen LogP contribution in [-0.2, 0) is 6.42 Å². The molecule has 3 rings (SSSR count). The third-order valence-electron chi connectivity index (χ3n) is 4.67. The van der Waals surface area contributed by atoms with Gasteiger partial charge in [-0.25, -0.2) is 4.39 Å². The number of nitrogens with zero attached hydrogens (tertiary/aromatic N) is 1. The van der Waals surface area contributed by atoms with E-state index in [-0.39, 0.29) is 17.8 Å². The van der Waals surface area contributed by atoms with Gasteiger partial charge in [-0.15, -0.1) is 0 Å². The summed E-state index contributed by atoms with van der Waals surface area (Å²) in [7, 11) is 0. The fourth-order valence-electron chi connectivity index (χ4n) is 3.30. The van der Waals surface area contributed by atoms with E-state index in [1.54, 1.807) is 12.1 Å². The molecule has 0 spiro atoms. The van der Waals surface area contributed by atoms with E-state index in [0.29, 0.717) is 17.8 Å². The number of aromatic nitrogens is 1. The van der Waals surface area contributed by atoms with Gasteiger partial charge in [-0.3, -0.25) is 9.69 Å². The molecule has 24 heavy (non-hydrogen) atoms. The van der Waals surface area contributed by atoms with Gasteiger partial charge in [0.1, 0.15) is 11.5 Å². The Kier molecular flexibility index (Phi) is 5.30. The Morgan fingerprint density at radius 2 is 2.00 bits per heavy atom. The Morgan fingerprint density at radius 1 is 1.25 bits per heavy atom. The molecule has 1 aliphatic heterocycles. The van der Waals surface area contributed by atoms with Crippen molar-refractivity contribution in [2.75, 3.05) is 19.6 Å². The fraction of sp³-hybridized carbons (Fsp3) is 0.421. The third-order valence-corrected chi connectivity index (χ3v) is 4.67. The second-order valence-corrected chi connectivity index (χ2v) is 6.24. The van der Waals surface area contributed by atoms with Crippen LogP contribution in [0.3, 0.4) is 0 Å². The lowest BCUT2D eigenvalue weighted by molar-refractivity contribution is 0.0932. The molecule has 128 valence electrons. The van der Waals surface area contributed by atoms with E-state index in [2.05, 4.69) is 15.2 Å². The average molecular weight is 329 g/mol. The second kappa shape index (κ2) is 7.62. The molecular weight excluding hydrogens is 305 g/mol. The molecule has 4 nitrogen and oxygen atoms in total. The first-order valence-corrected chi connectivity index (χ1v) is 8.63. The molecule has 1 aliphatic rings. The lowest BCUT2D eigenvalue weighted by Gasteiger charge is -2.28. The van der Waals surface area contributed by atoms with Crippen LogP contribution in [0.5, 0.6) is 0 Å². The Hall–Kier alpha value is -2.14. The molecule has 1 aromatic heterocycles. The minimum atomic E-state index is -0.211. The van der Waals surface area contributed by atoms with Crippen LogP contribution in [0.2, 0.25) is 0 Å². The number of halogens is 1. The molecule has 5 heteroatoms. The maximum absolute atomic E-state index is 14.2. The average Bonchev–Trinajstić information content (AvgIpc) is 3.28. The van der Waals surface area contributed by atoms with E-state index in [1.165, 1.54) is 6.07 Å². The number of likely N-dealkylation sites (tertiary alicyclic amines) is 1. The van der Waals surface area contributed by atoms with Gasteiger partial charge in [0.05, 0.1) is 6.04 Å². The van der Waals surface area contributed by atoms with Crippen LogP contribution in [0.4, 0.5) is 4.39 Å². The highest BCUT2D eigenvalue weighted by atomic mass is 19.1. The largest absolute Gasteiger partial charge is 0.354 e. The monoisotopic (exact) mass is 329 g/mol. The van der Waals surface area contributed by atoms with Crippen LogP contribution < -0.4 is 5.32 Å². The SMILES string of the molecule is CCc1ccc(C(=O)NC[C@H](c2ccccc2F)N2CCCC2)[nH]1. The van der Waals surface area contributed by atoms with Gasteiger partial charge in [0.2, 0.25) is 0 Å². The van der Waals surface area contributed by atoms with E-state index in [0.717, 1.165) is 38.0 Å². The van der Waals surface area contributed by atoms with Crippen molar-refractivity contribution in [1.29, 1.82) is 0 Å². The van der Waals surface area contributed by atoms with E-state index >= 15 is 0 Å². The number of aromatic amines is 1. The second-order valence-electron chi connectivity index (χ2n) is 6.24. The van der Waals surface area contributed by atoms with Crippen molar-refractivity contribution >= 4 is 5.91 Å². The summed E-state index contributed by atoms with van der Waals surface area (Å²) in [5.41, 5.74) is 2.24. The van der Waals surface area contributed by atoms with Gasteiger partial charge < -0.3 is 10.3 Å². The van der Waals surface area contributed by atoms with E-state index in [4.69, 9.17) is 0 Å². The number of hydrogen-bond donors (Lipinski definition) is 2. The lowest BCUT2D eigenvalue weighted by Crippen LogP contribution is -2.37. The first kappa shape index (κ1) is 16.7. The Morgan fingerprint density at radius 3 is 2.67 bits per heavy atom. The summed E-state index contributed by atoms with van der Waals surface area (Å²) in [5.74, 6) is -0.355.